The highest BCUT2D eigenvalue weighted by Gasteiger charge is 2.10. The van der Waals surface area contributed by atoms with E-state index in [1.165, 1.54) is 0 Å². The molecule has 1 amide bonds. The fourth-order valence-electron chi connectivity index (χ4n) is 2.38. The van der Waals surface area contributed by atoms with Crippen LogP contribution in [0.25, 0.3) is 0 Å². The minimum Gasteiger partial charge on any atom is -0.355 e. The molecule has 2 atom stereocenters. The van der Waals surface area contributed by atoms with E-state index < -0.39 is 0 Å². The largest absolute Gasteiger partial charge is 0.355 e. The molecule has 0 aliphatic heterocycles. The van der Waals surface area contributed by atoms with Crippen LogP contribution in [0.15, 0.2) is 0 Å². The van der Waals surface area contributed by atoms with E-state index in [9.17, 15) is 14.4 Å². The van der Waals surface area contributed by atoms with E-state index in [1.807, 2.05) is 6.92 Å². The summed E-state index contributed by atoms with van der Waals surface area (Å²) in [5.74, 6) is -0.135. The number of hydrogen-bond acceptors (Lipinski definition) is 5. The van der Waals surface area contributed by atoms with Gasteiger partial charge in [0.2, 0.25) is 5.91 Å². The maximum Gasteiger partial charge on any atom is 0.233 e. The van der Waals surface area contributed by atoms with E-state index in [0.29, 0.717) is 25.6 Å². The predicted octanol–water partition coefficient (Wildman–Crippen LogP) is 1.04. The van der Waals surface area contributed by atoms with Crippen molar-refractivity contribution in [3.63, 3.8) is 0 Å². The van der Waals surface area contributed by atoms with Crippen molar-refractivity contribution in [3.8, 4) is 0 Å². The van der Waals surface area contributed by atoms with Gasteiger partial charge in [-0.05, 0) is 32.7 Å². The Bertz CT molecular complexity index is 324. The van der Waals surface area contributed by atoms with Gasteiger partial charge in [0, 0.05) is 31.5 Å². The molecule has 0 radical (unpaired) electrons. The molecule has 23 heavy (non-hydrogen) atoms. The molecule has 0 aliphatic rings. The van der Waals surface area contributed by atoms with Gasteiger partial charge in [-0.1, -0.05) is 19.8 Å². The molecule has 0 saturated heterocycles. The number of carbonyl (C=O) groups is 3. The number of rotatable bonds is 16. The first-order chi connectivity index (χ1) is 11.2. The van der Waals surface area contributed by atoms with Crippen LogP contribution >= 0.6 is 0 Å². The van der Waals surface area contributed by atoms with Crippen molar-refractivity contribution < 1.29 is 14.4 Å². The maximum absolute atomic E-state index is 11.4. The Hall–Kier alpha value is -1.27. The Labute approximate surface area is 140 Å². The molecule has 6 nitrogen and oxygen atoms in total. The smallest absolute Gasteiger partial charge is 0.233 e. The van der Waals surface area contributed by atoms with Crippen molar-refractivity contribution in [3.05, 3.63) is 0 Å². The molecule has 6 heteroatoms. The number of likely N-dealkylation sites (N-methyl/N-ethyl adjacent to an activating group) is 1. The van der Waals surface area contributed by atoms with Crippen LogP contribution < -0.4 is 16.0 Å². The quantitative estimate of drug-likeness (QED) is 0.291. The van der Waals surface area contributed by atoms with Gasteiger partial charge in [-0.25, -0.2) is 0 Å². The van der Waals surface area contributed by atoms with E-state index in [0.717, 1.165) is 57.8 Å². The molecular formula is C17H33N3O3. The number of carbonyl (C=O) groups excluding carboxylic acids is 3. The first-order valence-electron chi connectivity index (χ1n) is 8.77. The zero-order valence-corrected chi connectivity index (χ0v) is 14.6. The molecule has 134 valence electrons. The van der Waals surface area contributed by atoms with Crippen LogP contribution in [0, 0.1) is 5.92 Å². The van der Waals surface area contributed by atoms with Gasteiger partial charge in [0.1, 0.15) is 12.6 Å². The summed E-state index contributed by atoms with van der Waals surface area (Å²) in [5, 5.41) is 9.43. The first-order valence-corrected chi connectivity index (χ1v) is 8.77. The standard InChI is InChI=1S/C17H33N3O3/c1-3-5-8-16(12-18-13-17(23)19-4-2)20-10-6-7-15(14-22)9-11-21/h11,14-16,18,20H,3-10,12-13H2,1-2H3,(H,19,23). The van der Waals surface area contributed by atoms with E-state index in [2.05, 4.69) is 22.9 Å². The normalized spacial score (nSPS) is 13.3. The summed E-state index contributed by atoms with van der Waals surface area (Å²) in [6, 6.07) is 0.324. The first kappa shape index (κ1) is 21.7. The Kier molecular flexibility index (Phi) is 14.8. The summed E-state index contributed by atoms with van der Waals surface area (Å²) in [4.78, 5) is 32.6. The minimum absolute atomic E-state index is 0.0180. The molecule has 0 heterocycles. The lowest BCUT2D eigenvalue weighted by atomic mass is 10.0. The number of amides is 1. The molecule has 0 bridgehead atoms. The van der Waals surface area contributed by atoms with Crippen molar-refractivity contribution in [1.29, 1.82) is 0 Å². The second-order valence-corrected chi connectivity index (χ2v) is 5.82. The van der Waals surface area contributed by atoms with Crippen molar-refractivity contribution in [2.75, 3.05) is 26.2 Å². The highest BCUT2D eigenvalue weighted by molar-refractivity contribution is 5.77. The SMILES string of the molecule is CCCCC(CNCC(=O)NCC)NCCCC(C=O)CC=O. The van der Waals surface area contributed by atoms with Gasteiger partial charge >= 0.3 is 0 Å². The zero-order valence-electron chi connectivity index (χ0n) is 14.6. The lowest BCUT2D eigenvalue weighted by Crippen LogP contribution is -2.42. The van der Waals surface area contributed by atoms with Gasteiger partial charge in [0.15, 0.2) is 0 Å². The maximum atomic E-state index is 11.4. The molecule has 0 rings (SSSR count). The van der Waals surface area contributed by atoms with Crippen LogP contribution in [0.4, 0.5) is 0 Å². The summed E-state index contributed by atoms with van der Waals surface area (Å²) >= 11 is 0. The Morgan fingerprint density at radius 1 is 1.13 bits per heavy atom. The van der Waals surface area contributed by atoms with Gasteiger partial charge in [-0.2, -0.15) is 0 Å². The van der Waals surface area contributed by atoms with Crippen molar-refractivity contribution in [2.45, 2.75) is 58.4 Å². The van der Waals surface area contributed by atoms with Gasteiger partial charge in [0.25, 0.3) is 0 Å². The van der Waals surface area contributed by atoms with Crippen LogP contribution in [0.5, 0.6) is 0 Å². The fraction of sp³-hybridized carbons (Fsp3) is 0.824. The average Bonchev–Trinajstić information content (AvgIpc) is 2.54. The topological polar surface area (TPSA) is 87.3 Å². The molecule has 0 aromatic carbocycles. The summed E-state index contributed by atoms with van der Waals surface area (Å²) in [6.07, 6.45) is 6.95. The minimum atomic E-state index is -0.153. The number of unbranched alkanes of at least 4 members (excludes halogenated alkanes) is 1. The van der Waals surface area contributed by atoms with Gasteiger partial charge in [0.05, 0.1) is 6.54 Å². The zero-order chi connectivity index (χ0) is 17.3. The fourth-order valence-corrected chi connectivity index (χ4v) is 2.38. The second-order valence-electron chi connectivity index (χ2n) is 5.82. The molecular weight excluding hydrogens is 294 g/mol. The molecule has 3 N–H and O–H groups in total. The molecule has 0 aliphatic carbocycles. The number of hydrogen-bond donors (Lipinski definition) is 3. The van der Waals surface area contributed by atoms with Gasteiger partial charge in [-0.3, -0.25) is 4.79 Å². The molecule has 0 saturated carbocycles. The Morgan fingerprint density at radius 2 is 1.91 bits per heavy atom. The third kappa shape index (κ3) is 12.9. The van der Waals surface area contributed by atoms with Crippen molar-refractivity contribution in [1.82, 2.24) is 16.0 Å². The van der Waals surface area contributed by atoms with E-state index in [1.54, 1.807) is 0 Å². The Balaban J connectivity index is 3.96. The van der Waals surface area contributed by atoms with Crippen LogP contribution in [-0.2, 0) is 14.4 Å². The van der Waals surface area contributed by atoms with Crippen molar-refractivity contribution >= 4 is 18.5 Å². The molecule has 0 spiro atoms. The summed E-state index contributed by atoms with van der Waals surface area (Å²) in [6.45, 7) is 6.62. The summed E-state index contributed by atoms with van der Waals surface area (Å²) in [5.41, 5.74) is 0. The summed E-state index contributed by atoms with van der Waals surface area (Å²) < 4.78 is 0. The van der Waals surface area contributed by atoms with E-state index >= 15 is 0 Å². The summed E-state index contributed by atoms with van der Waals surface area (Å²) in [7, 11) is 0. The predicted molar refractivity (Wildman–Crippen MR) is 92.3 cm³/mol. The van der Waals surface area contributed by atoms with E-state index in [4.69, 9.17) is 0 Å². The van der Waals surface area contributed by atoms with Crippen LogP contribution in [0.2, 0.25) is 0 Å². The average molecular weight is 327 g/mol. The van der Waals surface area contributed by atoms with Crippen LogP contribution in [0.3, 0.4) is 0 Å². The monoisotopic (exact) mass is 327 g/mol. The molecule has 0 aromatic rings. The number of nitrogens with one attached hydrogen (secondary N) is 3. The third-order valence-corrected chi connectivity index (χ3v) is 3.73. The van der Waals surface area contributed by atoms with Crippen LogP contribution in [-0.4, -0.2) is 50.7 Å². The second kappa shape index (κ2) is 15.6. The van der Waals surface area contributed by atoms with E-state index in [-0.39, 0.29) is 11.8 Å². The lowest BCUT2D eigenvalue weighted by molar-refractivity contribution is -0.120. The number of aldehydes is 2. The van der Waals surface area contributed by atoms with Crippen molar-refractivity contribution in [2.24, 2.45) is 5.92 Å². The molecule has 0 aromatic heterocycles. The Morgan fingerprint density at radius 3 is 2.52 bits per heavy atom. The third-order valence-electron chi connectivity index (χ3n) is 3.73. The van der Waals surface area contributed by atoms with Gasteiger partial charge < -0.3 is 25.5 Å². The molecule has 2 unspecified atom stereocenters. The highest BCUT2D eigenvalue weighted by Crippen LogP contribution is 2.07. The molecule has 0 fully saturated rings. The van der Waals surface area contributed by atoms with Crippen LogP contribution in [0.1, 0.15) is 52.4 Å². The lowest BCUT2D eigenvalue weighted by Gasteiger charge is -2.19. The highest BCUT2D eigenvalue weighted by atomic mass is 16.2. The van der Waals surface area contributed by atoms with Gasteiger partial charge in [-0.15, -0.1) is 0 Å².